The van der Waals surface area contributed by atoms with Crippen LogP contribution < -0.4 is 5.73 Å². The number of nitrogens with zero attached hydrogens (tertiary/aromatic N) is 4. The summed E-state index contributed by atoms with van der Waals surface area (Å²) in [6, 6.07) is 5.63. The first-order chi connectivity index (χ1) is 15.9. The fraction of sp³-hybridized carbons (Fsp3) is 0.292. The smallest absolute Gasteiger partial charge is 0.382 e. The molecule has 6 nitrogen and oxygen atoms in total. The molecule has 1 atom stereocenters. The molecule has 2 aromatic carbocycles. The van der Waals surface area contributed by atoms with Crippen molar-refractivity contribution in [1.82, 2.24) is 19.3 Å². The molecule has 2 N–H and O–H groups in total. The van der Waals surface area contributed by atoms with Crippen LogP contribution in [0, 0.1) is 5.82 Å². The van der Waals surface area contributed by atoms with Crippen molar-refractivity contribution in [3.63, 3.8) is 0 Å². The van der Waals surface area contributed by atoms with Crippen molar-refractivity contribution in [1.29, 1.82) is 0 Å². The summed E-state index contributed by atoms with van der Waals surface area (Å²) in [7, 11) is 1.54. The zero-order chi connectivity index (χ0) is 24.6. The van der Waals surface area contributed by atoms with E-state index in [1.165, 1.54) is 36.6 Å². The van der Waals surface area contributed by atoms with E-state index in [1.54, 1.807) is 4.40 Å². The number of hydrogen-bond acceptors (Lipinski definition) is 4. The van der Waals surface area contributed by atoms with Gasteiger partial charge < -0.3 is 10.6 Å². The normalized spacial score (nSPS) is 17.3. The second-order valence-corrected chi connectivity index (χ2v) is 9.29. The minimum atomic E-state index is -4.46. The van der Waals surface area contributed by atoms with Crippen molar-refractivity contribution in [2.24, 2.45) is 0 Å². The molecule has 0 fully saturated rings. The maximum atomic E-state index is 15.0. The summed E-state index contributed by atoms with van der Waals surface area (Å²) >= 11 is 0. The Hall–Kier alpha value is -3.69. The number of hydrogen-bond donors (Lipinski definition) is 1. The van der Waals surface area contributed by atoms with E-state index in [2.05, 4.69) is 9.97 Å². The van der Waals surface area contributed by atoms with Crippen LogP contribution in [-0.4, -0.2) is 32.2 Å². The van der Waals surface area contributed by atoms with Crippen LogP contribution in [0.25, 0.3) is 16.6 Å². The van der Waals surface area contributed by atoms with Gasteiger partial charge in [-0.1, -0.05) is 19.9 Å². The lowest BCUT2D eigenvalue weighted by atomic mass is 9.85. The zero-order valence-electron chi connectivity index (χ0n) is 18.6. The summed E-state index contributed by atoms with van der Waals surface area (Å²) in [5.74, 6) is -1.16. The van der Waals surface area contributed by atoms with Gasteiger partial charge in [0.05, 0.1) is 40.7 Å². The lowest BCUT2D eigenvalue weighted by molar-refractivity contribution is -0.137. The number of anilines is 1. The van der Waals surface area contributed by atoms with Crippen LogP contribution in [-0.2, 0) is 11.6 Å². The highest BCUT2D eigenvalue weighted by Gasteiger charge is 2.42. The minimum absolute atomic E-state index is 0.172. The number of alkyl halides is 3. The number of rotatable bonds is 2. The maximum Gasteiger partial charge on any atom is 0.416 e. The van der Waals surface area contributed by atoms with Gasteiger partial charge in [-0.3, -0.25) is 9.20 Å². The second kappa shape index (κ2) is 7.15. The van der Waals surface area contributed by atoms with Gasteiger partial charge in [0.2, 0.25) is 0 Å². The van der Waals surface area contributed by atoms with E-state index < -0.39 is 34.9 Å². The Kier molecular flexibility index (Phi) is 4.65. The van der Waals surface area contributed by atoms with Gasteiger partial charge in [-0.15, -0.1) is 0 Å². The first-order valence-electron chi connectivity index (χ1n) is 10.6. The summed E-state index contributed by atoms with van der Waals surface area (Å²) in [4.78, 5) is 23.1. The molecular formula is C24H21F4N5O. The first-order valence-corrected chi connectivity index (χ1v) is 10.6. The number of benzene rings is 2. The lowest BCUT2D eigenvalue weighted by Gasteiger charge is -2.27. The molecule has 0 radical (unpaired) electrons. The van der Waals surface area contributed by atoms with Crippen molar-refractivity contribution >= 4 is 28.3 Å². The third-order valence-electron chi connectivity index (χ3n) is 6.66. The van der Waals surface area contributed by atoms with Crippen LogP contribution in [0.1, 0.15) is 53.4 Å². The van der Waals surface area contributed by atoms with Crippen LogP contribution in [0.4, 0.5) is 23.4 Å². The Bertz CT molecular complexity index is 1470. The monoisotopic (exact) mass is 471 g/mol. The average Bonchev–Trinajstić information content (AvgIpc) is 3.35. The number of carbonyl (C=O) groups is 1. The Morgan fingerprint density at radius 2 is 1.94 bits per heavy atom. The predicted molar refractivity (Wildman–Crippen MR) is 119 cm³/mol. The van der Waals surface area contributed by atoms with Crippen molar-refractivity contribution in [2.75, 3.05) is 12.8 Å². The SMILES string of the molecule is CN(C(=O)c1cc2c(cc1F)nc(N)c1cncn12)[C@@H]1CC(C)(C)c2cc(C(F)(F)F)ccc21. The molecule has 0 saturated heterocycles. The van der Waals surface area contributed by atoms with E-state index in [1.807, 2.05) is 13.8 Å². The molecule has 1 aliphatic rings. The first kappa shape index (κ1) is 22.1. The van der Waals surface area contributed by atoms with Crippen molar-refractivity contribution < 1.29 is 22.4 Å². The van der Waals surface area contributed by atoms with E-state index in [9.17, 15) is 18.0 Å². The molecule has 10 heteroatoms. The number of fused-ring (bicyclic) bond motifs is 4. The number of aromatic nitrogens is 3. The van der Waals surface area contributed by atoms with Crippen LogP contribution >= 0.6 is 0 Å². The molecule has 0 bridgehead atoms. The van der Waals surface area contributed by atoms with Gasteiger partial charge in [0.1, 0.15) is 17.2 Å². The third-order valence-corrected chi connectivity index (χ3v) is 6.66. The number of nitrogen functional groups attached to an aromatic ring is 1. The van der Waals surface area contributed by atoms with E-state index in [-0.39, 0.29) is 16.9 Å². The quantitative estimate of drug-likeness (QED) is 0.412. The predicted octanol–water partition coefficient (Wildman–Crippen LogP) is 5.12. The van der Waals surface area contributed by atoms with E-state index in [0.717, 1.165) is 18.2 Å². The number of amides is 1. The topological polar surface area (TPSA) is 76.5 Å². The lowest BCUT2D eigenvalue weighted by Crippen LogP contribution is -2.31. The fourth-order valence-corrected chi connectivity index (χ4v) is 4.85. The van der Waals surface area contributed by atoms with Gasteiger partial charge >= 0.3 is 6.18 Å². The standard InChI is InChI=1S/C24H21F4N5O/c1-23(2)9-19(13-5-4-12(6-15(13)23)24(26,27)28)32(3)22(34)14-7-18-17(8-16(14)25)31-21(29)20-10-30-11-33(18)20/h4-8,10-11,19H,9H2,1-3H3,(H2,29,31)/t19-/m1/s1. The van der Waals surface area contributed by atoms with Crippen LogP contribution in [0.2, 0.25) is 0 Å². The Labute approximate surface area is 192 Å². The van der Waals surface area contributed by atoms with E-state index >= 15 is 4.39 Å². The summed E-state index contributed by atoms with van der Waals surface area (Å²) in [5, 5.41) is 0. The van der Waals surface area contributed by atoms with Crippen LogP contribution in [0.5, 0.6) is 0 Å². The van der Waals surface area contributed by atoms with Gasteiger partial charge in [-0.2, -0.15) is 13.2 Å². The molecule has 1 aliphatic carbocycles. The molecular weight excluding hydrogens is 450 g/mol. The van der Waals surface area contributed by atoms with Crippen LogP contribution in [0.3, 0.4) is 0 Å². The van der Waals surface area contributed by atoms with Crippen molar-refractivity contribution in [2.45, 2.75) is 37.9 Å². The maximum absolute atomic E-state index is 15.0. The largest absolute Gasteiger partial charge is 0.416 e. The van der Waals surface area contributed by atoms with E-state index in [0.29, 0.717) is 28.6 Å². The van der Waals surface area contributed by atoms with Crippen LogP contribution in [0.15, 0.2) is 42.9 Å². The van der Waals surface area contributed by atoms with Gasteiger partial charge in [0, 0.05) is 13.1 Å². The molecule has 2 aromatic heterocycles. The summed E-state index contributed by atoms with van der Waals surface area (Å²) in [6.07, 6.45) is -1.04. The molecule has 176 valence electrons. The molecule has 0 unspecified atom stereocenters. The summed E-state index contributed by atoms with van der Waals surface area (Å²) in [6.45, 7) is 3.68. The summed E-state index contributed by atoms with van der Waals surface area (Å²) in [5.41, 5.74) is 6.83. The van der Waals surface area contributed by atoms with Gasteiger partial charge in [0.25, 0.3) is 5.91 Å². The average molecular weight is 471 g/mol. The van der Waals surface area contributed by atoms with Gasteiger partial charge in [0.15, 0.2) is 0 Å². The highest BCUT2D eigenvalue weighted by atomic mass is 19.4. The van der Waals surface area contributed by atoms with Gasteiger partial charge in [-0.25, -0.2) is 14.4 Å². The molecule has 5 rings (SSSR count). The highest BCUT2D eigenvalue weighted by molar-refractivity contribution is 5.98. The van der Waals surface area contributed by atoms with E-state index in [4.69, 9.17) is 5.73 Å². The van der Waals surface area contributed by atoms with Crippen molar-refractivity contribution in [3.05, 3.63) is 70.9 Å². The number of imidazole rings is 1. The number of nitrogens with two attached hydrogens (primary N) is 1. The Balaban J connectivity index is 1.57. The second-order valence-electron chi connectivity index (χ2n) is 9.29. The molecule has 34 heavy (non-hydrogen) atoms. The Morgan fingerprint density at radius 1 is 1.21 bits per heavy atom. The third kappa shape index (κ3) is 3.27. The molecule has 0 aliphatic heterocycles. The molecule has 2 heterocycles. The van der Waals surface area contributed by atoms with Crippen molar-refractivity contribution in [3.8, 4) is 0 Å². The highest BCUT2D eigenvalue weighted by Crippen LogP contribution is 2.48. The summed E-state index contributed by atoms with van der Waals surface area (Å²) < 4.78 is 56.5. The number of halogens is 4. The molecule has 0 spiro atoms. The fourth-order valence-electron chi connectivity index (χ4n) is 4.85. The molecule has 1 amide bonds. The minimum Gasteiger partial charge on any atom is -0.382 e. The molecule has 0 saturated carbocycles. The zero-order valence-corrected chi connectivity index (χ0v) is 18.6. The van der Waals surface area contributed by atoms with Gasteiger partial charge in [-0.05, 0) is 41.2 Å². The Morgan fingerprint density at radius 3 is 2.65 bits per heavy atom. The number of carbonyl (C=O) groups excluding carboxylic acids is 1. The molecule has 4 aromatic rings.